The van der Waals surface area contributed by atoms with E-state index in [2.05, 4.69) is 14.2 Å². The van der Waals surface area contributed by atoms with Gasteiger partial charge in [0, 0.05) is 0 Å². The van der Waals surface area contributed by atoms with E-state index in [1.807, 2.05) is 0 Å². The van der Waals surface area contributed by atoms with Crippen LogP contribution in [0.1, 0.15) is 26.2 Å². The molecule has 1 atom stereocenters. The molecule has 1 fully saturated rings. The van der Waals surface area contributed by atoms with E-state index in [0.29, 0.717) is 0 Å². The molecule has 0 N–H and O–H groups in total. The number of unbranched alkanes of at least 4 members (excludes halogenated alkanes) is 1. The van der Waals surface area contributed by atoms with Crippen LogP contribution in [-0.4, -0.2) is 7.28 Å². The second kappa shape index (κ2) is 2.39. The maximum absolute atomic E-state index is 2.40. The van der Waals surface area contributed by atoms with Crippen molar-refractivity contribution >= 4 is 7.28 Å². The van der Waals surface area contributed by atoms with E-state index in [4.69, 9.17) is 0 Å². The van der Waals surface area contributed by atoms with Gasteiger partial charge in [-0.2, -0.15) is 0 Å². The fourth-order valence-electron chi connectivity index (χ4n) is 0.798. The van der Waals surface area contributed by atoms with Gasteiger partial charge in [0.1, 0.15) is 7.28 Å². The fourth-order valence-corrected chi connectivity index (χ4v) is 0.798. The van der Waals surface area contributed by atoms with Gasteiger partial charge in [0.2, 0.25) is 0 Å². The first-order valence-electron chi connectivity index (χ1n) is 3.27. The molecule has 1 unspecified atom stereocenters. The molecule has 0 bridgehead atoms. The highest BCUT2D eigenvalue weighted by molar-refractivity contribution is 6.50. The third-order valence-electron chi connectivity index (χ3n) is 1.50. The van der Waals surface area contributed by atoms with Crippen LogP contribution < -0.4 is 0 Å². The predicted molar refractivity (Wildman–Crippen MR) is 33.8 cm³/mol. The standard InChI is InChI=1S/C6H12B/c1-2-3-4-6-5-7-6/h6H,2-5H2,1H3. The van der Waals surface area contributed by atoms with Crippen molar-refractivity contribution in [3.05, 3.63) is 0 Å². The third-order valence-corrected chi connectivity index (χ3v) is 1.50. The van der Waals surface area contributed by atoms with Gasteiger partial charge >= 0.3 is 0 Å². The fraction of sp³-hybridized carbons (Fsp3) is 1.00. The van der Waals surface area contributed by atoms with E-state index in [9.17, 15) is 0 Å². The van der Waals surface area contributed by atoms with Crippen molar-refractivity contribution in [3.63, 3.8) is 0 Å². The molecule has 0 saturated carbocycles. The summed E-state index contributed by atoms with van der Waals surface area (Å²) in [5.74, 6) is 1.03. The summed E-state index contributed by atoms with van der Waals surface area (Å²) >= 11 is 0. The Balaban J connectivity index is 1.80. The first-order chi connectivity index (χ1) is 3.43. The van der Waals surface area contributed by atoms with Crippen LogP contribution in [-0.2, 0) is 0 Å². The minimum atomic E-state index is 1.03. The zero-order valence-corrected chi connectivity index (χ0v) is 4.98. The van der Waals surface area contributed by atoms with Gasteiger partial charge in [-0.1, -0.05) is 38.3 Å². The summed E-state index contributed by atoms with van der Waals surface area (Å²) < 4.78 is 0. The average Bonchev–Trinajstić information content (AvgIpc) is 2.42. The van der Waals surface area contributed by atoms with Crippen LogP contribution >= 0.6 is 0 Å². The first kappa shape index (κ1) is 5.21. The zero-order valence-electron chi connectivity index (χ0n) is 4.98. The van der Waals surface area contributed by atoms with Crippen LogP contribution in [0.15, 0.2) is 0 Å². The molecule has 39 valence electrons. The van der Waals surface area contributed by atoms with Crippen molar-refractivity contribution in [2.24, 2.45) is 0 Å². The van der Waals surface area contributed by atoms with Crippen LogP contribution in [0.3, 0.4) is 0 Å². The molecule has 0 nitrogen and oxygen atoms in total. The number of hydrogen-bond acceptors (Lipinski definition) is 0. The topological polar surface area (TPSA) is 0 Å². The van der Waals surface area contributed by atoms with Gasteiger partial charge in [-0.25, -0.2) is 0 Å². The van der Waals surface area contributed by atoms with E-state index in [1.54, 1.807) is 0 Å². The van der Waals surface area contributed by atoms with Crippen LogP contribution in [0.2, 0.25) is 12.1 Å². The largest absolute Gasteiger partial charge is 0.112 e. The molecule has 7 heavy (non-hydrogen) atoms. The predicted octanol–water partition coefficient (Wildman–Crippen LogP) is 2.10. The summed E-state index contributed by atoms with van der Waals surface area (Å²) in [5.41, 5.74) is 0. The molecule has 1 heterocycles. The van der Waals surface area contributed by atoms with E-state index >= 15 is 0 Å². The van der Waals surface area contributed by atoms with E-state index in [-0.39, 0.29) is 0 Å². The minimum Gasteiger partial charge on any atom is -0.0841 e. The lowest BCUT2D eigenvalue weighted by atomic mass is 9.98. The summed E-state index contributed by atoms with van der Waals surface area (Å²) in [6.45, 7) is 2.25. The molecule has 1 aliphatic rings. The highest BCUT2D eigenvalue weighted by atomic mass is 14.1. The quantitative estimate of drug-likeness (QED) is 0.471. The summed E-state index contributed by atoms with van der Waals surface area (Å²) in [5, 5.41) is 0. The smallest absolute Gasteiger partial charge is 0.0841 e. The molecular weight excluding hydrogens is 82.9 g/mol. The Hall–Kier alpha value is 0.0649. The molecule has 1 heteroatoms. The minimum absolute atomic E-state index is 1.03. The molecule has 0 aromatic carbocycles. The molecule has 0 aliphatic carbocycles. The lowest BCUT2D eigenvalue weighted by molar-refractivity contribution is 0.731. The van der Waals surface area contributed by atoms with Gasteiger partial charge in [-0.3, -0.25) is 0 Å². The molecule has 0 spiro atoms. The number of hydrogen-bond donors (Lipinski definition) is 0. The Kier molecular flexibility index (Phi) is 1.78. The summed E-state index contributed by atoms with van der Waals surface area (Å²) in [7, 11) is 2.40. The lowest BCUT2D eigenvalue weighted by Crippen LogP contribution is -1.70. The molecule has 1 aliphatic heterocycles. The zero-order chi connectivity index (χ0) is 5.11. The Bertz CT molecular complexity index is 48.1. The van der Waals surface area contributed by atoms with Crippen molar-refractivity contribution in [2.45, 2.75) is 38.3 Å². The van der Waals surface area contributed by atoms with Gasteiger partial charge in [0.25, 0.3) is 0 Å². The van der Waals surface area contributed by atoms with Crippen molar-refractivity contribution in [1.82, 2.24) is 0 Å². The monoisotopic (exact) mass is 95.1 g/mol. The van der Waals surface area contributed by atoms with Crippen molar-refractivity contribution < 1.29 is 0 Å². The molecule has 0 amide bonds. The third kappa shape index (κ3) is 2.01. The Labute approximate surface area is 46.5 Å². The molecule has 1 rings (SSSR count). The van der Waals surface area contributed by atoms with Crippen LogP contribution in [0.5, 0.6) is 0 Å². The van der Waals surface area contributed by atoms with Gasteiger partial charge in [0.15, 0.2) is 0 Å². The van der Waals surface area contributed by atoms with Crippen LogP contribution in [0.25, 0.3) is 0 Å². The maximum atomic E-state index is 2.40. The Morgan fingerprint density at radius 2 is 2.43 bits per heavy atom. The van der Waals surface area contributed by atoms with Crippen molar-refractivity contribution in [2.75, 3.05) is 0 Å². The molecule has 0 aromatic heterocycles. The van der Waals surface area contributed by atoms with Gasteiger partial charge in [-0.05, 0) is 0 Å². The van der Waals surface area contributed by atoms with E-state index in [1.165, 1.54) is 25.6 Å². The van der Waals surface area contributed by atoms with Crippen LogP contribution in [0.4, 0.5) is 0 Å². The average molecular weight is 95.0 g/mol. The summed E-state index contributed by atoms with van der Waals surface area (Å²) in [6.07, 6.45) is 5.65. The molecule has 0 aromatic rings. The summed E-state index contributed by atoms with van der Waals surface area (Å²) in [6, 6.07) is 0. The van der Waals surface area contributed by atoms with Crippen molar-refractivity contribution in [3.8, 4) is 0 Å². The Morgan fingerprint density at radius 1 is 1.71 bits per heavy atom. The van der Waals surface area contributed by atoms with Gasteiger partial charge in [-0.15, -0.1) is 0 Å². The normalized spacial score (nSPS) is 26.7. The van der Waals surface area contributed by atoms with Gasteiger partial charge < -0.3 is 0 Å². The summed E-state index contributed by atoms with van der Waals surface area (Å²) in [4.78, 5) is 0. The van der Waals surface area contributed by atoms with E-state index in [0.717, 1.165) is 5.82 Å². The lowest BCUT2D eigenvalue weighted by Gasteiger charge is -1.89. The second-order valence-corrected chi connectivity index (χ2v) is 2.37. The highest BCUT2D eigenvalue weighted by Gasteiger charge is 2.21. The molecular formula is C6H12B. The SMILES string of the molecule is CCCCC1[B]C1. The molecule has 1 radical (unpaired) electrons. The molecule has 1 saturated heterocycles. The Morgan fingerprint density at radius 3 is 2.86 bits per heavy atom. The van der Waals surface area contributed by atoms with Crippen molar-refractivity contribution in [1.29, 1.82) is 0 Å². The van der Waals surface area contributed by atoms with E-state index < -0.39 is 0 Å². The van der Waals surface area contributed by atoms with Gasteiger partial charge in [0.05, 0.1) is 0 Å². The van der Waals surface area contributed by atoms with Crippen LogP contribution in [0, 0.1) is 0 Å². The number of rotatable bonds is 3. The first-order valence-corrected chi connectivity index (χ1v) is 3.27. The second-order valence-electron chi connectivity index (χ2n) is 2.37. The highest BCUT2D eigenvalue weighted by Crippen LogP contribution is 2.32. The maximum Gasteiger partial charge on any atom is 0.112 e.